The van der Waals surface area contributed by atoms with E-state index in [1.807, 2.05) is 24.4 Å². The van der Waals surface area contributed by atoms with Gasteiger partial charge in [-0.1, -0.05) is 29.3 Å². The minimum atomic E-state index is 0.605. The summed E-state index contributed by atoms with van der Waals surface area (Å²) in [6.45, 7) is 3.12. The highest BCUT2D eigenvalue weighted by Crippen LogP contribution is 2.33. The topological polar surface area (TPSA) is 31.9 Å². The molecule has 124 valence electrons. The monoisotopic (exact) mass is 359 g/mol. The van der Waals surface area contributed by atoms with Crippen molar-refractivity contribution in [3.63, 3.8) is 0 Å². The van der Waals surface area contributed by atoms with Crippen molar-refractivity contribution in [1.29, 1.82) is 0 Å². The van der Waals surface area contributed by atoms with Crippen LogP contribution in [0.15, 0.2) is 42.7 Å². The van der Waals surface area contributed by atoms with E-state index in [4.69, 9.17) is 23.2 Å². The second kappa shape index (κ2) is 6.75. The van der Waals surface area contributed by atoms with Crippen molar-refractivity contribution >= 4 is 34.2 Å². The first-order valence-electron chi connectivity index (χ1n) is 8.29. The number of halogens is 2. The van der Waals surface area contributed by atoms with Gasteiger partial charge >= 0.3 is 0 Å². The van der Waals surface area contributed by atoms with Gasteiger partial charge in [-0.3, -0.25) is 4.90 Å². The van der Waals surface area contributed by atoms with Crippen LogP contribution in [0.25, 0.3) is 11.0 Å². The highest BCUT2D eigenvalue weighted by molar-refractivity contribution is 6.42. The van der Waals surface area contributed by atoms with Crippen LogP contribution >= 0.6 is 23.2 Å². The molecule has 0 aliphatic carbocycles. The second-order valence-electron chi connectivity index (χ2n) is 6.44. The summed E-state index contributed by atoms with van der Waals surface area (Å²) >= 11 is 12.1. The van der Waals surface area contributed by atoms with Gasteiger partial charge in [0.05, 0.1) is 10.0 Å². The fraction of sp³-hybridized carbons (Fsp3) is 0.316. The van der Waals surface area contributed by atoms with Gasteiger partial charge in [-0.15, -0.1) is 0 Å². The zero-order valence-corrected chi connectivity index (χ0v) is 14.8. The first-order chi connectivity index (χ1) is 11.7. The third kappa shape index (κ3) is 3.16. The Morgan fingerprint density at radius 2 is 1.96 bits per heavy atom. The number of aromatic nitrogens is 2. The van der Waals surface area contributed by atoms with Crippen LogP contribution in [0.5, 0.6) is 0 Å². The van der Waals surface area contributed by atoms with E-state index < -0.39 is 0 Å². The SMILES string of the molecule is Clc1ccc(CN2CCC(c3c[nH]c4ncccc34)CC2)cc1Cl. The summed E-state index contributed by atoms with van der Waals surface area (Å²) < 4.78 is 0. The van der Waals surface area contributed by atoms with Crippen LogP contribution < -0.4 is 0 Å². The van der Waals surface area contributed by atoms with Crippen LogP contribution in [0.2, 0.25) is 10.0 Å². The van der Waals surface area contributed by atoms with Gasteiger partial charge in [0.15, 0.2) is 0 Å². The van der Waals surface area contributed by atoms with E-state index >= 15 is 0 Å². The Bertz CT molecular complexity index is 851. The number of benzene rings is 1. The predicted molar refractivity (Wildman–Crippen MR) is 99.8 cm³/mol. The molecule has 0 amide bonds. The fourth-order valence-electron chi connectivity index (χ4n) is 3.61. The minimum absolute atomic E-state index is 0.605. The number of nitrogens with one attached hydrogen (secondary N) is 1. The Labute approximate surface area is 151 Å². The Hall–Kier alpha value is -1.55. The van der Waals surface area contributed by atoms with Gasteiger partial charge in [-0.2, -0.15) is 0 Å². The molecule has 1 aliphatic heterocycles. The Morgan fingerprint density at radius 3 is 2.75 bits per heavy atom. The molecule has 0 unspecified atom stereocenters. The molecule has 0 saturated carbocycles. The molecule has 2 aromatic heterocycles. The zero-order valence-electron chi connectivity index (χ0n) is 13.3. The maximum absolute atomic E-state index is 6.12. The fourth-order valence-corrected chi connectivity index (χ4v) is 3.93. The molecular weight excluding hydrogens is 341 g/mol. The van der Waals surface area contributed by atoms with Gasteiger partial charge in [0.2, 0.25) is 0 Å². The van der Waals surface area contributed by atoms with Crippen molar-refractivity contribution in [2.45, 2.75) is 25.3 Å². The molecule has 1 fully saturated rings. The smallest absolute Gasteiger partial charge is 0.137 e. The van der Waals surface area contributed by atoms with Crippen LogP contribution in [0, 0.1) is 0 Å². The average Bonchev–Trinajstić information content (AvgIpc) is 3.03. The number of nitrogens with zero attached hydrogens (tertiary/aromatic N) is 2. The number of hydrogen-bond acceptors (Lipinski definition) is 2. The van der Waals surface area contributed by atoms with E-state index in [9.17, 15) is 0 Å². The van der Waals surface area contributed by atoms with Crippen LogP contribution in [0.3, 0.4) is 0 Å². The summed E-state index contributed by atoms with van der Waals surface area (Å²) in [5, 5.41) is 2.52. The maximum Gasteiger partial charge on any atom is 0.137 e. The second-order valence-corrected chi connectivity index (χ2v) is 7.26. The average molecular weight is 360 g/mol. The summed E-state index contributed by atoms with van der Waals surface area (Å²) in [4.78, 5) is 10.2. The number of rotatable bonds is 3. The van der Waals surface area contributed by atoms with E-state index in [1.54, 1.807) is 0 Å². The summed E-state index contributed by atoms with van der Waals surface area (Å²) in [5.74, 6) is 0.605. The van der Waals surface area contributed by atoms with Crippen molar-refractivity contribution in [3.05, 3.63) is 63.9 Å². The number of H-pyrrole nitrogens is 1. The van der Waals surface area contributed by atoms with E-state index in [1.165, 1.54) is 29.4 Å². The largest absolute Gasteiger partial charge is 0.346 e. The Balaban J connectivity index is 1.42. The van der Waals surface area contributed by atoms with Crippen LogP contribution in [0.4, 0.5) is 0 Å². The molecule has 1 N–H and O–H groups in total. The lowest BCUT2D eigenvalue weighted by molar-refractivity contribution is 0.205. The summed E-state index contributed by atoms with van der Waals surface area (Å²) in [5.41, 5.74) is 3.62. The van der Waals surface area contributed by atoms with Crippen LogP contribution in [-0.2, 0) is 6.54 Å². The number of fused-ring (bicyclic) bond motifs is 1. The summed E-state index contributed by atoms with van der Waals surface area (Å²) in [6, 6.07) is 10.1. The number of likely N-dealkylation sites (tertiary alicyclic amines) is 1. The number of aromatic amines is 1. The lowest BCUT2D eigenvalue weighted by atomic mass is 9.89. The molecule has 24 heavy (non-hydrogen) atoms. The van der Waals surface area contributed by atoms with Gasteiger partial charge in [-0.05, 0) is 67.2 Å². The van der Waals surface area contributed by atoms with Crippen molar-refractivity contribution in [3.8, 4) is 0 Å². The lowest BCUT2D eigenvalue weighted by Crippen LogP contribution is -2.32. The third-order valence-electron chi connectivity index (χ3n) is 4.90. The Morgan fingerprint density at radius 1 is 1.12 bits per heavy atom. The molecule has 3 aromatic rings. The van der Waals surface area contributed by atoms with E-state index in [0.717, 1.165) is 25.3 Å². The van der Waals surface area contributed by atoms with E-state index in [0.29, 0.717) is 16.0 Å². The van der Waals surface area contributed by atoms with Gasteiger partial charge in [-0.25, -0.2) is 4.98 Å². The molecule has 4 rings (SSSR count). The highest BCUT2D eigenvalue weighted by Gasteiger charge is 2.23. The molecule has 0 bridgehead atoms. The van der Waals surface area contributed by atoms with Gasteiger partial charge in [0, 0.05) is 24.3 Å². The minimum Gasteiger partial charge on any atom is -0.346 e. The van der Waals surface area contributed by atoms with Gasteiger partial charge < -0.3 is 4.98 Å². The van der Waals surface area contributed by atoms with Crippen molar-refractivity contribution in [1.82, 2.24) is 14.9 Å². The quantitative estimate of drug-likeness (QED) is 0.692. The lowest BCUT2D eigenvalue weighted by Gasteiger charge is -2.32. The molecule has 1 saturated heterocycles. The zero-order chi connectivity index (χ0) is 16.5. The molecule has 0 spiro atoms. The first kappa shape index (κ1) is 15.9. The number of pyridine rings is 1. The van der Waals surface area contributed by atoms with Crippen molar-refractivity contribution < 1.29 is 0 Å². The maximum atomic E-state index is 6.12. The first-order valence-corrected chi connectivity index (χ1v) is 9.04. The van der Waals surface area contributed by atoms with E-state index in [2.05, 4.69) is 33.2 Å². The molecule has 1 aromatic carbocycles. The molecule has 0 radical (unpaired) electrons. The van der Waals surface area contributed by atoms with Crippen LogP contribution in [0.1, 0.15) is 29.9 Å². The number of piperidine rings is 1. The highest BCUT2D eigenvalue weighted by atomic mass is 35.5. The molecule has 0 atom stereocenters. The van der Waals surface area contributed by atoms with Gasteiger partial charge in [0.25, 0.3) is 0 Å². The van der Waals surface area contributed by atoms with Crippen molar-refractivity contribution in [2.24, 2.45) is 0 Å². The van der Waals surface area contributed by atoms with Crippen molar-refractivity contribution in [2.75, 3.05) is 13.1 Å². The van der Waals surface area contributed by atoms with E-state index in [-0.39, 0.29) is 0 Å². The third-order valence-corrected chi connectivity index (χ3v) is 5.64. The number of hydrogen-bond donors (Lipinski definition) is 1. The summed E-state index contributed by atoms with van der Waals surface area (Å²) in [7, 11) is 0. The summed E-state index contributed by atoms with van der Waals surface area (Å²) in [6.07, 6.45) is 6.31. The molecule has 3 nitrogen and oxygen atoms in total. The van der Waals surface area contributed by atoms with Gasteiger partial charge in [0.1, 0.15) is 5.65 Å². The Kier molecular flexibility index (Phi) is 4.49. The molecule has 5 heteroatoms. The normalized spacial score (nSPS) is 16.8. The standard InChI is InChI=1S/C19H19Cl2N3/c20-17-4-3-13(10-18(17)21)12-24-8-5-14(6-9-24)16-11-23-19-15(16)2-1-7-22-19/h1-4,7,10-11,14H,5-6,8-9,12H2,(H,22,23). The molecule has 3 heterocycles. The molecule has 1 aliphatic rings. The molecular formula is C19H19Cl2N3. The van der Waals surface area contributed by atoms with Crippen LogP contribution in [-0.4, -0.2) is 28.0 Å². The predicted octanol–water partition coefficient (Wildman–Crippen LogP) is 5.25.